The number of aryl methyl sites for hydroxylation is 1. The van der Waals surface area contributed by atoms with E-state index >= 15 is 0 Å². The Morgan fingerprint density at radius 2 is 1.87 bits per heavy atom. The van der Waals surface area contributed by atoms with E-state index in [1.807, 2.05) is 6.92 Å². The zero-order valence-corrected chi connectivity index (χ0v) is 17.5. The summed E-state index contributed by atoms with van der Waals surface area (Å²) in [5.41, 5.74) is 0.455. The molecule has 1 amide bonds. The first kappa shape index (κ1) is 21.6. The van der Waals surface area contributed by atoms with Gasteiger partial charge in [-0.3, -0.25) is 9.59 Å². The third-order valence-corrected chi connectivity index (χ3v) is 4.92. The maximum absolute atomic E-state index is 12.9. The zero-order valence-electron chi connectivity index (χ0n) is 17.5. The first-order chi connectivity index (χ1) is 14.5. The van der Waals surface area contributed by atoms with Crippen molar-refractivity contribution in [2.75, 3.05) is 26.9 Å². The van der Waals surface area contributed by atoms with E-state index < -0.39 is 17.7 Å². The van der Waals surface area contributed by atoms with Crippen molar-refractivity contribution in [3.63, 3.8) is 0 Å². The largest absolute Gasteiger partial charge is 0.507 e. The number of likely N-dealkylation sites (tertiary alicyclic amines) is 1. The number of hydrogen-bond donors (Lipinski definition) is 1. The highest BCUT2D eigenvalue weighted by Gasteiger charge is 2.47. The molecule has 1 atom stereocenters. The number of ether oxygens (including phenoxy) is 2. The zero-order chi connectivity index (χ0) is 21.7. The van der Waals surface area contributed by atoms with Crippen LogP contribution in [0.15, 0.2) is 46.4 Å². The molecule has 1 aliphatic rings. The van der Waals surface area contributed by atoms with Crippen LogP contribution in [-0.4, -0.2) is 48.6 Å². The molecule has 1 aromatic carbocycles. The number of rotatable bonds is 9. The van der Waals surface area contributed by atoms with Crippen LogP contribution in [0.3, 0.4) is 0 Å². The summed E-state index contributed by atoms with van der Waals surface area (Å²) in [6.45, 7) is 5.16. The van der Waals surface area contributed by atoms with Crippen LogP contribution in [-0.2, 0) is 14.3 Å². The van der Waals surface area contributed by atoms with Crippen molar-refractivity contribution in [3.05, 3.63) is 59.1 Å². The molecule has 1 aromatic heterocycles. The molecule has 2 aromatic rings. The van der Waals surface area contributed by atoms with Gasteiger partial charge in [-0.1, -0.05) is 6.92 Å². The fraction of sp³-hybridized carbons (Fsp3) is 0.391. The van der Waals surface area contributed by atoms with Crippen LogP contribution < -0.4 is 4.74 Å². The Balaban J connectivity index is 2.00. The first-order valence-corrected chi connectivity index (χ1v) is 10.0. The summed E-state index contributed by atoms with van der Waals surface area (Å²) >= 11 is 0. The van der Waals surface area contributed by atoms with E-state index in [2.05, 4.69) is 0 Å². The lowest BCUT2D eigenvalue weighted by molar-refractivity contribution is -0.140. The molecular formula is C23H27NO6. The van der Waals surface area contributed by atoms with Gasteiger partial charge < -0.3 is 23.9 Å². The summed E-state index contributed by atoms with van der Waals surface area (Å²) in [5.74, 6) is 0.152. The van der Waals surface area contributed by atoms with Gasteiger partial charge in [0.2, 0.25) is 0 Å². The molecule has 30 heavy (non-hydrogen) atoms. The van der Waals surface area contributed by atoms with Crippen LogP contribution in [0.4, 0.5) is 0 Å². The number of benzene rings is 1. The van der Waals surface area contributed by atoms with E-state index in [-0.39, 0.29) is 11.3 Å². The van der Waals surface area contributed by atoms with Gasteiger partial charge in [0, 0.05) is 25.8 Å². The summed E-state index contributed by atoms with van der Waals surface area (Å²) in [5, 5.41) is 11.0. The van der Waals surface area contributed by atoms with Crippen molar-refractivity contribution in [1.82, 2.24) is 4.90 Å². The molecule has 3 rings (SSSR count). The van der Waals surface area contributed by atoms with Crippen LogP contribution in [0.5, 0.6) is 5.75 Å². The van der Waals surface area contributed by atoms with Crippen molar-refractivity contribution in [2.24, 2.45) is 0 Å². The van der Waals surface area contributed by atoms with E-state index in [0.29, 0.717) is 49.0 Å². The molecule has 0 radical (unpaired) electrons. The minimum Gasteiger partial charge on any atom is -0.507 e. The Bertz CT molecular complexity index is 927. The molecule has 0 spiro atoms. The lowest BCUT2D eigenvalue weighted by atomic mass is 9.99. The topological polar surface area (TPSA) is 89.2 Å². The van der Waals surface area contributed by atoms with E-state index in [1.165, 1.54) is 4.90 Å². The Labute approximate surface area is 175 Å². The van der Waals surface area contributed by atoms with Crippen LogP contribution in [0.2, 0.25) is 0 Å². The van der Waals surface area contributed by atoms with E-state index in [9.17, 15) is 14.7 Å². The van der Waals surface area contributed by atoms with Crippen LogP contribution >= 0.6 is 0 Å². The minimum atomic E-state index is -0.786. The number of aliphatic hydroxyl groups is 1. The fourth-order valence-corrected chi connectivity index (χ4v) is 3.47. The molecule has 0 bridgehead atoms. The highest BCUT2D eigenvalue weighted by Crippen LogP contribution is 2.40. The number of carbonyl (C=O) groups is 2. The van der Waals surface area contributed by atoms with Crippen LogP contribution in [0.1, 0.15) is 42.9 Å². The molecule has 2 heterocycles. The standard InChI is InChI=1S/C23H27NO6/c1-4-13-29-17-9-7-16(8-10-17)21(25)19-20(18-11-6-15(2)30-18)24(12-5-14-28-3)23(27)22(19)26/h6-11,20,25H,4-5,12-14H2,1-3H3/b21-19-. The lowest BCUT2D eigenvalue weighted by Crippen LogP contribution is -2.31. The average molecular weight is 413 g/mol. The van der Waals surface area contributed by atoms with Gasteiger partial charge in [0.25, 0.3) is 11.7 Å². The monoisotopic (exact) mass is 413 g/mol. The second-order valence-electron chi connectivity index (χ2n) is 7.16. The predicted molar refractivity (Wildman–Crippen MR) is 111 cm³/mol. The van der Waals surface area contributed by atoms with Gasteiger partial charge in [-0.25, -0.2) is 0 Å². The van der Waals surface area contributed by atoms with Gasteiger partial charge in [0.05, 0.1) is 12.2 Å². The third-order valence-electron chi connectivity index (χ3n) is 4.92. The maximum Gasteiger partial charge on any atom is 0.295 e. The molecule has 1 fully saturated rings. The van der Waals surface area contributed by atoms with Gasteiger partial charge >= 0.3 is 0 Å². The van der Waals surface area contributed by atoms with Crippen molar-refractivity contribution in [1.29, 1.82) is 0 Å². The Kier molecular flexibility index (Phi) is 6.95. The molecule has 7 heteroatoms. The van der Waals surface area contributed by atoms with Gasteiger partial charge in [-0.05, 0) is 56.2 Å². The number of ketones is 1. The molecule has 7 nitrogen and oxygen atoms in total. The van der Waals surface area contributed by atoms with Crippen LogP contribution in [0.25, 0.3) is 5.76 Å². The summed E-state index contributed by atoms with van der Waals surface area (Å²) < 4.78 is 16.4. The van der Waals surface area contributed by atoms with E-state index in [1.54, 1.807) is 50.4 Å². The van der Waals surface area contributed by atoms with Crippen molar-refractivity contribution >= 4 is 17.4 Å². The minimum absolute atomic E-state index is 0.0222. The maximum atomic E-state index is 12.9. The number of amides is 1. The smallest absolute Gasteiger partial charge is 0.295 e. The van der Waals surface area contributed by atoms with Gasteiger partial charge in [-0.2, -0.15) is 0 Å². The normalized spacial score (nSPS) is 18.2. The average Bonchev–Trinajstić information content (AvgIpc) is 3.28. The quantitative estimate of drug-likeness (QED) is 0.291. The summed E-state index contributed by atoms with van der Waals surface area (Å²) in [4.78, 5) is 27.0. The number of Topliss-reactive ketones (excluding diaryl/α,β-unsaturated/α-hetero) is 1. The SMILES string of the molecule is CCCOc1ccc(/C(O)=C2/C(=O)C(=O)N(CCCOC)C2c2ccc(C)o2)cc1. The second-order valence-corrected chi connectivity index (χ2v) is 7.16. The third kappa shape index (κ3) is 4.41. The van der Waals surface area contributed by atoms with Crippen molar-refractivity contribution in [3.8, 4) is 5.75 Å². The number of nitrogens with zero attached hydrogens (tertiary/aromatic N) is 1. The fourth-order valence-electron chi connectivity index (χ4n) is 3.47. The number of aliphatic hydroxyl groups excluding tert-OH is 1. The van der Waals surface area contributed by atoms with E-state index in [4.69, 9.17) is 13.9 Å². The first-order valence-electron chi connectivity index (χ1n) is 10.0. The number of carbonyl (C=O) groups excluding carboxylic acids is 2. The van der Waals surface area contributed by atoms with Crippen molar-refractivity contribution in [2.45, 2.75) is 32.7 Å². The molecule has 1 saturated heterocycles. The van der Waals surface area contributed by atoms with Gasteiger partial charge in [0.15, 0.2) is 0 Å². The lowest BCUT2D eigenvalue weighted by Gasteiger charge is -2.23. The Hall–Kier alpha value is -3.06. The van der Waals surface area contributed by atoms with Crippen molar-refractivity contribution < 1.29 is 28.6 Å². The number of methoxy groups -OCH3 is 1. The highest BCUT2D eigenvalue weighted by molar-refractivity contribution is 6.46. The molecule has 0 saturated carbocycles. The molecule has 160 valence electrons. The van der Waals surface area contributed by atoms with Gasteiger partial charge in [0.1, 0.15) is 29.1 Å². The molecule has 1 unspecified atom stereocenters. The highest BCUT2D eigenvalue weighted by atomic mass is 16.5. The van der Waals surface area contributed by atoms with E-state index in [0.717, 1.165) is 6.42 Å². The Morgan fingerprint density at radius 3 is 2.47 bits per heavy atom. The number of hydrogen-bond acceptors (Lipinski definition) is 6. The summed E-state index contributed by atoms with van der Waals surface area (Å²) in [7, 11) is 1.58. The summed E-state index contributed by atoms with van der Waals surface area (Å²) in [6.07, 6.45) is 1.44. The number of furan rings is 1. The molecular weight excluding hydrogens is 386 g/mol. The second kappa shape index (κ2) is 9.63. The van der Waals surface area contributed by atoms with Crippen LogP contribution in [0, 0.1) is 6.92 Å². The van der Waals surface area contributed by atoms with Gasteiger partial charge in [-0.15, -0.1) is 0 Å². The Morgan fingerprint density at radius 1 is 1.13 bits per heavy atom. The summed E-state index contributed by atoms with van der Waals surface area (Å²) in [6, 6.07) is 9.50. The molecule has 1 aliphatic heterocycles. The predicted octanol–water partition coefficient (Wildman–Crippen LogP) is 3.84. The molecule has 0 aliphatic carbocycles. The molecule has 1 N–H and O–H groups in total.